The summed E-state index contributed by atoms with van der Waals surface area (Å²) in [5.74, 6) is -0.0617. The van der Waals surface area contributed by atoms with Crippen LogP contribution < -0.4 is 10.0 Å². The highest BCUT2D eigenvalue weighted by Crippen LogP contribution is 2.30. The molecule has 1 aliphatic carbocycles. The first-order valence-electron chi connectivity index (χ1n) is 8.31. The van der Waals surface area contributed by atoms with Gasteiger partial charge in [-0.05, 0) is 55.9 Å². The lowest BCUT2D eigenvalue weighted by atomic mass is 9.95. The molecule has 0 saturated heterocycles. The molecule has 25 heavy (non-hydrogen) atoms. The average molecular weight is 379 g/mol. The van der Waals surface area contributed by atoms with Crippen molar-refractivity contribution in [2.24, 2.45) is 0 Å². The second-order valence-electron chi connectivity index (χ2n) is 6.45. The van der Waals surface area contributed by atoms with Crippen molar-refractivity contribution >= 4 is 33.0 Å². The van der Waals surface area contributed by atoms with Gasteiger partial charge in [0.25, 0.3) is 5.91 Å². The van der Waals surface area contributed by atoms with E-state index in [1.54, 1.807) is 29.5 Å². The van der Waals surface area contributed by atoms with Gasteiger partial charge in [0.15, 0.2) is 0 Å². The fourth-order valence-corrected chi connectivity index (χ4v) is 4.81. The predicted octanol–water partition coefficient (Wildman–Crippen LogP) is 3.49. The van der Waals surface area contributed by atoms with Gasteiger partial charge in [-0.3, -0.25) is 9.52 Å². The fourth-order valence-electron chi connectivity index (χ4n) is 3.13. The molecule has 1 amide bonds. The van der Waals surface area contributed by atoms with E-state index in [1.807, 2.05) is 18.4 Å². The number of thiophene rings is 1. The average Bonchev–Trinajstić information content (AvgIpc) is 2.97. The van der Waals surface area contributed by atoms with Crippen molar-refractivity contribution in [2.75, 3.05) is 11.0 Å². The largest absolute Gasteiger partial charge is 0.345 e. The second kappa shape index (κ2) is 7.17. The van der Waals surface area contributed by atoms with E-state index in [1.165, 1.54) is 16.9 Å². The van der Waals surface area contributed by atoms with Crippen LogP contribution in [0.4, 0.5) is 5.69 Å². The van der Waals surface area contributed by atoms with Gasteiger partial charge in [0, 0.05) is 15.9 Å². The SMILES string of the molecule is CC(NC(=O)c1csc2c1CCCC2)c1cccc(NS(C)(=O)=O)c1. The minimum absolute atomic E-state index is 0.0617. The lowest BCUT2D eigenvalue weighted by molar-refractivity contribution is 0.0939. The molecule has 134 valence electrons. The molecule has 1 aromatic carbocycles. The summed E-state index contributed by atoms with van der Waals surface area (Å²) in [5, 5.41) is 4.99. The third-order valence-electron chi connectivity index (χ3n) is 4.34. The number of benzene rings is 1. The molecule has 1 unspecified atom stereocenters. The molecule has 2 N–H and O–H groups in total. The molecule has 1 heterocycles. The van der Waals surface area contributed by atoms with Crippen LogP contribution >= 0.6 is 11.3 Å². The van der Waals surface area contributed by atoms with Gasteiger partial charge in [0.05, 0.1) is 17.9 Å². The van der Waals surface area contributed by atoms with Gasteiger partial charge >= 0.3 is 0 Å². The molecule has 0 bridgehead atoms. The van der Waals surface area contributed by atoms with E-state index in [-0.39, 0.29) is 11.9 Å². The summed E-state index contributed by atoms with van der Waals surface area (Å²) in [6.07, 6.45) is 5.50. The van der Waals surface area contributed by atoms with Crippen LogP contribution in [0.2, 0.25) is 0 Å². The van der Waals surface area contributed by atoms with E-state index in [0.29, 0.717) is 5.69 Å². The van der Waals surface area contributed by atoms with Crippen molar-refractivity contribution < 1.29 is 13.2 Å². The van der Waals surface area contributed by atoms with Gasteiger partial charge < -0.3 is 5.32 Å². The Bertz CT molecular complexity index is 887. The molecular formula is C18H22N2O3S2. The maximum absolute atomic E-state index is 12.7. The van der Waals surface area contributed by atoms with Crippen molar-refractivity contribution in [3.8, 4) is 0 Å². The monoisotopic (exact) mass is 378 g/mol. The number of carbonyl (C=O) groups excluding carboxylic acids is 1. The summed E-state index contributed by atoms with van der Waals surface area (Å²) in [6, 6.07) is 6.87. The first kappa shape index (κ1) is 17.9. The number of aryl methyl sites for hydroxylation is 1. The molecule has 0 fully saturated rings. The van der Waals surface area contributed by atoms with E-state index in [2.05, 4.69) is 10.0 Å². The van der Waals surface area contributed by atoms with Crippen LogP contribution in [0.1, 0.15) is 52.2 Å². The van der Waals surface area contributed by atoms with Crippen LogP contribution in [0.25, 0.3) is 0 Å². The summed E-state index contributed by atoms with van der Waals surface area (Å²) in [4.78, 5) is 14.0. The Labute approximate surface area is 152 Å². The molecule has 3 rings (SSSR count). The van der Waals surface area contributed by atoms with Crippen molar-refractivity contribution in [1.29, 1.82) is 0 Å². The predicted molar refractivity (Wildman–Crippen MR) is 102 cm³/mol. The van der Waals surface area contributed by atoms with Crippen molar-refractivity contribution in [3.05, 3.63) is 51.2 Å². The third-order valence-corrected chi connectivity index (χ3v) is 6.04. The van der Waals surface area contributed by atoms with Crippen LogP contribution in [0.15, 0.2) is 29.6 Å². The molecule has 2 aromatic rings. The van der Waals surface area contributed by atoms with E-state index in [9.17, 15) is 13.2 Å². The molecular weight excluding hydrogens is 356 g/mol. The van der Waals surface area contributed by atoms with Crippen molar-refractivity contribution in [2.45, 2.75) is 38.6 Å². The Kier molecular flexibility index (Phi) is 5.15. The van der Waals surface area contributed by atoms with Crippen LogP contribution in [-0.2, 0) is 22.9 Å². The molecule has 7 heteroatoms. The van der Waals surface area contributed by atoms with Gasteiger partial charge in [-0.25, -0.2) is 8.42 Å². The zero-order valence-corrected chi connectivity index (χ0v) is 16.0. The standard InChI is InChI=1S/C18H22N2O3S2/c1-12(13-6-5-7-14(10-13)20-25(2,22)23)19-18(21)16-11-24-17-9-4-3-8-15(16)17/h5-7,10-12,20H,3-4,8-9H2,1-2H3,(H,19,21). The summed E-state index contributed by atoms with van der Waals surface area (Å²) in [7, 11) is -3.32. The van der Waals surface area contributed by atoms with E-state index < -0.39 is 10.0 Å². The number of fused-ring (bicyclic) bond motifs is 1. The van der Waals surface area contributed by atoms with Gasteiger partial charge in [-0.1, -0.05) is 12.1 Å². The maximum atomic E-state index is 12.7. The molecule has 1 aromatic heterocycles. The normalized spacial score (nSPS) is 15.3. The molecule has 1 atom stereocenters. The van der Waals surface area contributed by atoms with Gasteiger partial charge in [0.2, 0.25) is 10.0 Å². The summed E-state index contributed by atoms with van der Waals surface area (Å²) < 4.78 is 25.2. The molecule has 0 spiro atoms. The second-order valence-corrected chi connectivity index (χ2v) is 9.17. The number of hydrogen-bond donors (Lipinski definition) is 2. The van der Waals surface area contributed by atoms with Crippen molar-refractivity contribution in [1.82, 2.24) is 5.32 Å². The lowest BCUT2D eigenvalue weighted by Crippen LogP contribution is -2.27. The first-order valence-corrected chi connectivity index (χ1v) is 11.1. The topological polar surface area (TPSA) is 75.3 Å². The van der Waals surface area contributed by atoms with Crippen molar-refractivity contribution in [3.63, 3.8) is 0 Å². The van der Waals surface area contributed by atoms with Gasteiger partial charge in [-0.2, -0.15) is 0 Å². The Morgan fingerprint density at radius 3 is 2.76 bits per heavy atom. The highest BCUT2D eigenvalue weighted by molar-refractivity contribution is 7.92. The quantitative estimate of drug-likeness (QED) is 0.836. The minimum atomic E-state index is -3.32. The first-order chi connectivity index (χ1) is 11.8. The van der Waals surface area contributed by atoms with Crippen LogP contribution in [-0.4, -0.2) is 20.6 Å². The highest BCUT2D eigenvalue weighted by atomic mass is 32.2. The number of rotatable bonds is 5. The zero-order valence-electron chi connectivity index (χ0n) is 14.3. The number of hydrogen-bond acceptors (Lipinski definition) is 4. The van der Waals surface area contributed by atoms with E-state index >= 15 is 0 Å². The summed E-state index contributed by atoms with van der Waals surface area (Å²) in [5.41, 5.74) is 3.34. The fraction of sp³-hybridized carbons (Fsp3) is 0.389. The molecule has 5 nitrogen and oxygen atoms in total. The Morgan fingerprint density at radius 1 is 1.24 bits per heavy atom. The number of amides is 1. The third kappa shape index (κ3) is 4.41. The number of nitrogens with one attached hydrogen (secondary N) is 2. The molecule has 1 aliphatic rings. The molecule has 0 radical (unpaired) electrons. The van der Waals surface area contributed by atoms with Gasteiger partial charge in [-0.15, -0.1) is 11.3 Å². The van der Waals surface area contributed by atoms with Gasteiger partial charge in [0.1, 0.15) is 0 Å². The molecule has 0 aliphatic heterocycles. The Balaban J connectivity index is 1.74. The summed E-state index contributed by atoms with van der Waals surface area (Å²) in [6.45, 7) is 1.90. The summed E-state index contributed by atoms with van der Waals surface area (Å²) >= 11 is 1.67. The molecule has 0 saturated carbocycles. The maximum Gasteiger partial charge on any atom is 0.252 e. The zero-order chi connectivity index (χ0) is 18.0. The Morgan fingerprint density at radius 2 is 2.00 bits per heavy atom. The highest BCUT2D eigenvalue weighted by Gasteiger charge is 2.21. The Hall–Kier alpha value is -1.86. The van der Waals surface area contributed by atoms with Crippen LogP contribution in [0.3, 0.4) is 0 Å². The minimum Gasteiger partial charge on any atom is -0.345 e. The number of anilines is 1. The van der Waals surface area contributed by atoms with Crippen LogP contribution in [0.5, 0.6) is 0 Å². The number of sulfonamides is 1. The lowest BCUT2D eigenvalue weighted by Gasteiger charge is -2.17. The van der Waals surface area contributed by atoms with E-state index in [4.69, 9.17) is 0 Å². The van der Waals surface area contributed by atoms with E-state index in [0.717, 1.165) is 36.6 Å². The smallest absolute Gasteiger partial charge is 0.252 e. The van der Waals surface area contributed by atoms with Crippen LogP contribution in [0, 0.1) is 0 Å². The number of carbonyl (C=O) groups is 1.